The summed E-state index contributed by atoms with van der Waals surface area (Å²) in [6.45, 7) is 2.55. The molecule has 0 radical (unpaired) electrons. The molecule has 0 amide bonds. The number of aromatic nitrogens is 2. The van der Waals surface area contributed by atoms with Gasteiger partial charge in [0.05, 0.1) is 25.1 Å². The molecule has 3 aromatic rings. The molecule has 0 aliphatic heterocycles. The maximum atomic E-state index is 12.7. The van der Waals surface area contributed by atoms with Gasteiger partial charge in [-0.05, 0) is 49.7 Å². The molecule has 29 heavy (non-hydrogen) atoms. The first-order valence-corrected chi connectivity index (χ1v) is 9.67. The second kappa shape index (κ2) is 8.87. The Morgan fingerprint density at radius 3 is 2.55 bits per heavy atom. The molecular weight excluding hydrogens is 396 g/mol. The van der Waals surface area contributed by atoms with Gasteiger partial charge in [-0.3, -0.25) is 14.2 Å². The van der Waals surface area contributed by atoms with E-state index in [0.29, 0.717) is 10.2 Å². The molecule has 0 N–H and O–H groups in total. The van der Waals surface area contributed by atoms with Crippen molar-refractivity contribution in [2.24, 2.45) is 0 Å². The molecule has 0 saturated carbocycles. The molecule has 9 heteroatoms. The summed E-state index contributed by atoms with van der Waals surface area (Å²) in [4.78, 5) is 41.2. The third-order valence-electron chi connectivity index (χ3n) is 3.90. The predicted octanol–water partition coefficient (Wildman–Crippen LogP) is 2.63. The molecule has 1 aromatic carbocycles. The lowest BCUT2D eigenvalue weighted by atomic mass is 10.2. The number of ether oxygens (including phenoxy) is 3. The van der Waals surface area contributed by atoms with Crippen LogP contribution in [0.3, 0.4) is 0 Å². The Morgan fingerprint density at radius 2 is 1.90 bits per heavy atom. The van der Waals surface area contributed by atoms with Crippen LogP contribution < -0.4 is 10.3 Å². The second-order valence-corrected chi connectivity index (χ2v) is 7.48. The number of fused-ring (bicyclic) bond motifs is 1. The van der Waals surface area contributed by atoms with Crippen molar-refractivity contribution in [3.8, 4) is 16.2 Å². The normalized spacial score (nSPS) is 10.9. The number of benzene rings is 1. The Hall–Kier alpha value is -3.20. The SMILES string of the molecule is COc1ccc(-c2cc3ncn(CC(=O)OCC(=O)OC(C)C)c(=O)c3s2)cc1. The number of thiophene rings is 1. The smallest absolute Gasteiger partial charge is 0.344 e. The monoisotopic (exact) mass is 416 g/mol. The van der Waals surface area contributed by atoms with E-state index < -0.39 is 18.5 Å². The molecule has 0 aliphatic rings. The maximum Gasteiger partial charge on any atom is 0.344 e. The van der Waals surface area contributed by atoms with Crippen LogP contribution in [0.4, 0.5) is 0 Å². The largest absolute Gasteiger partial charge is 0.497 e. The Morgan fingerprint density at radius 1 is 1.17 bits per heavy atom. The summed E-state index contributed by atoms with van der Waals surface area (Å²) in [6.07, 6.45) is 0.997. The summed E-state index contributed by atoms with van der Waals surface area (Å²) < 4.78 is 16.5. The first kappa shape index (κ1) is 20.5. The number of esters is 2. The maximum absolute atomic E-state index is 12.7. The molecule has 0 aliphatic carbocycles. The molecule has 0 bridgehead atoms. The van der Waals surface area contributed by atoms with E-state index in [9.17, 15) is 14.4 Å². The van der Waals surface area contributed by atoms with Crippen LogP contribution in [-0.2, 0) is 25.6 Å². The Bertz CT molecular complexity index is 1080. The number of hydrogen-bond acceptors (Lipinski definition) is 8. The van der Waals surface area contributed by atoms with Gasteiger partial charge in [-0.25, -0.2) is 9.78 Å². The third kappa shape index (κ3) is 5.00. The van der Waals surface area contributed by atoms with Crippen molar-refractivity contribution in [2.75, 3.05) is 13.7 Å². The summed E-state index contributed by atoms with van der Waals surface area (Å²) in [5.41, 5.74) is 1.14. The lowest BCUT2D eigenvalue weighted by molar-refractivity contribution is -0.161. The third-order valence-corrected chi connectivity index (χ3v) is 5.06. The van der Waals surface area contributed by atoms with Gasteiger partial charge in [0.15, 0.2) is 6.61 Å². The van der Waals surface area contributed by atoms with Crippen LogP contribution in [0, 0.1) is 0 Å². The number of hydrogen-bond donors (Lipinski definition) is 0. The van der Waals surface area contributed by atoms with Crippen molar-refractivity contribution in [1.82, 2.24) is 9.55 Å². The van der Waals surface area contributed by atoms with Crippen LogP contribution in [0.1, 0.15) is 13.8 Å². The molecular formula is C20H20N2O6S. The zero-order valence-corrected chi connectivity index (χ0v) is 17.0. The highest BCUT2D eigenvalue weighted by Crippen LogP contribution is 2.31. The highest BCUT2D eigenvalue weighted by molar-refractivity contribution is 7.22. The van der Waals surface area contributed by atoms with Crippen molar-refractivity contribution in [3.05, 3.63) is 47.0 Å². The average Bonchev–Trinajstić information content (AvgIpc) is 3.13. The number of nitrogens with zero attached hydrogens (tertiary/aromatic N) is 2. The van der Waals surface area contributed by atoms with E-state index in [-0.39, 0.29) is 18.2 Å². The minimum atomic E-state index is -0.721. The average molecular weight is 416 g/mol. The van der Waals surface area contributed by atoms with Crippen LogP contribution in [0.5, 0.6) is 5.75 Å². The molecule has 0 unspecified atom stereocenters. The second-order valence-electron chi connectivity index (χ2n) is 6.43. The van der Waals surface area contributed by atoms with Crippen LogP contribution in [-0.4, -0.2) is 41.3 Å². The Kier molecular flexibility index (Phi) is 6.28. The molecule has 0 saturated heterocycles. The van der Waals surface area contributed by atoms with Gasteiger partial charge in [0.1, 0.15) is 17.0 Å². The molecule has 3 rings (SSSR count). The van der Waals surface area contributed by atoms with Gasteiger partial charge < -0.3 is 14.2 Å². The summed E-state index contributed by atoms with van der Waals surface area (Å²) in [6, 6.07) is 9.30. The first-order valence-electron chi connectivity index (χ1n) is 8.86. The molecule has 2 aromatic heterocycles. The summed E-state index contributed by atoms with van der Waals surface area (Å²) in [5.74, 6) is -0.622. The topological polar surface area (TPSA) is 96.7 Å². The lowest BCUT2D eigenvalue weighted by Crippen LogP contribution is -2.27. The number of methoxy groups -OCH3 is 1. The highest BCUT2D eigenvalue weighted by atomic mass is 32.1. The van der Waals surface area contributed by atoms with E-state index in [1.807, 2.05) is 30.3 Å². The van der Waals surface area contributed by atoms with Gasteiger partial charge in [-0.1, -0.05) is 0 Å². The van der Waals surface area contributed by atoms with Crippen molar-refractivity contribution >= 4 is 33.5 Å². The van der Waals surface area contributed by atoms with E-state index in [0.717, 1.165) is 20.8 Å². The number of rotatable bonds is 7. The molecule has 0 atom stereocenters. The molecule has 0 spiro atoms. The van der Waals surface area contributed by atoms with Gasteiger partial charge in [0.25, 0.3) is 5.56 Å². The zero-order valence-electron chi connectivity index (χ0n) is 16.2. The summed E-state index contributed by atoms with van der Waals surface area (Å²) >= 11 is 1.29. The minimum absolute atomic E-state index is 0.297. The zero-order chi connectivity index (χ0) is 21.0. The minimum Gasteiger partial charge on any atom is -0.497 e. The van der Waals surface area contributed by atoms with Crippen LogP contribution >= 0.6 is 11.3 Å². The van der Waals surface area contributed by atoms with Gasteiger partial charge in [-0.2, -0.15) is 0 Å². The van der Waals surface area contributed by atoms with E-state index in [2.05, 4.69) is 4.98 Å². The fraction of sp³-hybridized carbons (Fsp3) is 0.300. The summed E-state index contributed by atoms with van der Waals surface area (Å²) in [7, 11) is 1.60. The molecule has 8 nitrogen and oxygen atoms in total. The van der Waals surface area contributed by atoms with E-state index in [4.69, 9.17) is 14.2 Å². The highest BCUT2D eigenvalue weighted by Gasteiger charge is 2.15. The fourth-order valence-corrected chi connectivity index (χ4v) is 3.64. The van der Waals surface area contributed by atoms with Gasteiger partial charge >= 0.3 is 11.9 Å². The van der Waals surface area contributed by atoms with E-state index in [1.165, 1.54) is 17.7 Å². The van der Waals surface area contributed by atoms with Gasteiger partial charge in [-0.15, -0.1) is 11.3 Å². The van der Waals surface area contributed by atoms with Crippen molar-refractivity contribution in [1.29, 1.82) is 0 Å². The number of carbonyl (C=O) groups excluding carboxylic acids is 2. The lowest BCUT2D eigenvalue weighted by Gasteiger charge is -2.09. The van der Waals surface area contributed by atoms with Crippen molar-refractivity contribution in [3.63, 3.8) is 0 Å². The fourth-order valence-electron chi connectivity index (χ4n) is 2.58. The van der Waals surface area contributed by atoms with Crippen molar-refractivity contribution < 1.29 is 23.8 Å². The van der Waals surface area contributed by atoms with Crippen LogP contribution in [0.2, 0.25) is 0 Å². The molecule has 2 heterocycles. The van der Waals surface area contributed by atoms with Gasteiger partial charge in [0.2, 0.25) is 0 Å². The quantitative estimate of drug-likeness (QED) is 0.546. The standard InChI is InChI=1S/C20H20N2O6S/c1-12(2)28-18(24)10-27-17(23)9-22-11-21-15-8-16(29-19(15)20(22)25)13-4-6-14(26-3)7-5-13/h4-8,11-12H,9-10H2,1-3H3. The van der Waals surface area contributed by atoms with Crippen LogP contribution in [0.25, 0.3) is 20.7 Å². The van der Waals surface area contributed by atoms with Crippen LogP contribution in [0.15, 0.2) is 41.5 Å². The van der Waals surface area contributed by atoms with Crippen molar-refractivity contribution in [2.45, 2.75) is 26.5 Å². The van der Waals surface area contributed by atoms with Gasteiger partial charge in [0, 0.05) is 4.88 Å². The Labute approximate surface area is 170 Å². The number of carbonyl (C=O) groups is 2. The Balaban J connectivity index is 1.75. The van der Waals surface area contributed by atoms with E-state index in [1.54, 1.807) is 21.0 Å². The predicted molar refractivity (Wildman–Crippen MR) is 108 cm³/mol. The summed E-state index contributed by atoms with van der Waals surface area (Å²) in [5, 5.41) is 0. The molecule has 0 fully saturated rings. The first-order chi connectivity index (χ1) is 13.9. The van der Waals surface area contributed by atoms with E-state index >= 15 is 0 Å². The molecule has 152 valence electrons.